The Morgan fingerprint density at radius 3 is 2.00 bits per heavy atom. The van der Waals surface area contributed by atoms with Crippen molar-refractivity contribution in [3.8, 4) is 5.69 Å². The standard InChI is InChI=1S/C30H18N2O/c1-3-13-23-19(9-1)21-11-7-16-26-29(21)32(23)25-15-5-4-14-24(25)31(26)27-17-8-12-22-20-10-2-6-18-28(20)33-30(22)27/h1-18H. The van der Waals surface area contributed by atoms with E-state index in [4.69, 9.17) is 4.42 Å². The lowest BCUT2D eigenvalue weighted by atomic mass is 10.1. The maximum absolute atomic E-state index is 6.45. The van der Waals surface area contributed by atoms with Gasteiger partial charge in [-0.05, 0) is 36.4 Å². The summed E-state index contributed by atoms with van der Waals surface area (Å²) in [4.78, 5) is 2.36. The van der Waals surface area contributed by atoms with Gasteiger partial charge in [0.1, 0.15) is 5.58 Å². The molecular weight excluding hydrogens is 404 g/mol. The van der Waals surface area contributed by atoms with Gasteiger partial charge in [0.25, 0.3) is 0 Å². The van der Waals surface area contributed by atoms with Crippen LogP contribution >= 0.6 is 0 Å². The van der Waals surface area contributed by atoms with Crippen LogP contribution < -0.4 is 4.90 Å². The average Bonchev–Trinajstić information content (AvgIpc) is 3.42. The molecule has 33 heavy (non-hydrogen) atoms. The molecule has 1 aliphatic heterocycles. The molecule has 8 rings (SSSR count). The third-order valence-electron chi connectivity index (χ3n) is 6.90. The van der Waals surface area contributed by atoms with Gasteiger partial charge in [-0.25, -0.2) is 0 Å². The number of furan rings is 1. The molecular formula is C30H18N2O. The van der Waals surface area contributed by atoms with Crippen LogP contribution in [-0.2, 0) is 0 Å². The van der Waals surface area contributed by atoms with Crippen LogP contribution in [0.3, 0.4) is 0 Å². The van der Waals surface area contributed by atoms with Gasteiger partial charge in [0, 0.05) is 21.5 Å². The van der Waals surface area contributed by atoms with E-state index in [9.17, 15) is 0 Å². The van der Waals surface area contributed by atoms with Crippen LogP contribution in [0.15, 0.2) is 114 Å². The Labute approximate surface area is 189 Å². The number of anilines is 3. The van der Waals surface area contributed by atoms with Crippen LogP contribution in [0.5, 0.6) is 0 Å². The molecule has 0 spiro atoms. The monoisotopic (exact) mass is 422 g/mol. The third-order valence-corrected chi connectivity index (χ3v) is 6.90. The van der Waals surface area contributed by atoms with E-state index in [2.05, 4.69) is 107 Å². The molecule has 0 aliphatic carbocycles. The fourth-order valence-electron chi connectivity index (χ4n) is 5.57. The lowest BCUT2D eigenvalue weighted by Crippen LogP contribution is -2.18. The van der Waals surface area contributed by atoms with Crippen LogP contribution in [0, 0.1) is 0 Å². The highest BCUT2D eigenvalue weighted by Gasteiger charge is 2.29. The van der Waals surface area contributed by atoms with Crippen molar-refractivity contribution in [2.45, 2.75) is 0 Å². The van der Waals surface area contributed by atoms with E-state index in [0.717, 1.165) is 39.0 Å². The van der Waals surface area contributed by atoms with Crippen LogP contribution in [0.25, 0.3) is 49.4 Å². The van der Waals surface area contributed by atoms with Crippen molar-refractivity contribution in [3.05, 3.63) is 109 Å². The molecule has 1 aliphatic rings. The Balaban J connectivity index is 1.56. The Morgan fingerprint density at radius 1 is 0.455 bits per heavy atom. The lowest BCUT2D eigenvalue weighted by Gasteiger charge is -2.33. The molecule has 3 heterocycles. The molecule has 0 saturated carbocycles. The summed E-state index contributed by atoms with van der Waals surface area (Å²) in [6.45, 7) is 0. The Morgan fingerprint density at radius 2 is 1.09 bits per heavy atom. The summed E-state index contributed by atoms with van der Waals surface area (Å²) in [7, 11) is 0. The molecule has 0 N–H and O–H groups in total. The Bertz CT molecular complexity index is 1890. The van der Waals surface area contributed by atoms with E-state index >= 15 is 0 Å². The van der Waals surface area contributed by atoms with Crippen molar-refractivity contribution >= 4 is 60.8 Å². The van der Waals surface area contributed by atoms with Crippen LogP contribution in [0.2, 0.25) is 0 Å². The lowest BCUT2D eigenvalue weighted by molar-refractivity contribution is 0.669. The molecule has 0 bridgehead atoms. The molecule has 0 saturated heterocycles. The number of benzene rings is 5. The average molecular weight is 422 g/mol. The van der Waals surface area contributed by atoms with E-state index in [-0.39, 0.29) is 0 Å². The summed E-state index contributed by atoms with van der Waals surface area (Å²) in [6, 6.07) is 38.6. The molecule has 0 atom stereocenters. The van der Waals surface area contributed by atoms with Gasteiger partial charge in [0.15, 0.2) is 5.58 Å². The second-order valence-corrected chi connectivity index (χ2v) is 8.60. The number of nitrogens with zero attached hydrogens (tertiary/aromatic N) is 2. The van der Waals surface area contributed by atoms with E-state index in [1.54, 1.807) is 0 Å². The highest BCUT2D eigenvalue weighted by Crippen LogP contribution is 2.51. The second kappa shape index (κ2) is 6.05. The Hall–Kier alpha value is -4.50. The normalized spacial score (nSPS) is 12.8. The maximum Gasteiger partial charge on any atom is 0.159 e. The zero-order valence-electron chi connectivity index (χ0n) is 17.7. The minimum Gasteiger partial charge on any atom is -0.454 e. The zero-order valence-corrected chi connectivity index (χ0v) is 17.7. The highest BCUT2D eigenvalue weighted by molar-refractivity contribution is 6.18. The van der Waals surface area contributed by atoms with Crippen LogP contribution in [0.4, 0.5) is 17.1 Å². The molecule has 5 aromatic carbocycles. The first-order valence-electron chi connectivity index (χ1n) is 11.2. The quantitative estimate of drug-likeness (QED) is 0.264. The summed E-state index contributed by atoms with van der Waals surface area (Å²) < 4.78 is 8.85. The summed E-state index contributed by atoms with van der Waals surface area (Å²) in [5, 5.41) is 4.82. The number of fused-ring (bicyclic) bond motifs is 8. The van der Waals surface area contributed by atoms with E-state index in [1.807, 2.05) is 12.1 Å². The van der Waals surface area contributed by atoms with Gasteiger partial charge in [-0.1, -0.05) is 72.8 Å². The van der Waals surface area contributed by atoms with Crippen molar-refractivity contribution in [2.24, 2.45) is 0 Å². The minimum atomic E-state index is 0.912. The van der Waals surface area contributed by atoms with Crippen LogP contribution in [0.1, 0.15) is 0 Å². The number of rotatable bonds is 1. The SMILES string of the molecule is c1ccc2c(c1)N(c1cccc3c1oc1ccccc13)c1cccc3c4ccccc4n-2c13. The maximum atomic E-state index is 6.45. The number of para-hydroxylation sites is 6. The molecule has 7 aromatic rings. The van der Waals surface area contributed by atoms with Crippen molar-refractivity contribution < 1.29 is 4.42 Å². The minimum absolute atomic E-state index is 0.912. The first kappa shape index (κ1) is 17.1. The molecule has 0 radical (unpaired) electrons. The van der Waals surface area contributed by atoms with Gasteiger partial charge in [0.05, 0.1) is 33.8 Å². The predicted molar refractivity (Wildman–Crippen MR) is 136 cm³/mol. The topological polar surface area (TPSA) is 21.3 Å². The first-order valence-corrected chi connectivity index (χ1v) is 11.2. The van der Waals surface area contributed by atoms with Gasteiger partial charge < -0.3 is 13.9 Å². The fourth-order valence-corrected chi connectivity index (χ4v) is 5.57. The van der Waals surface area contributed by atoms with Crippen molar-refractivity contribution in [2.75, 3.05) is 4.90 Å². The predicted octanol–water partition coefficient (Wildman–Crippen LogP) is 8.47. The van der Waals surface area contributed by atoms with Gasteiger partial charge in [-0.2, -0.15) is 0 Å². The largest absolute Gasteiger partial charge is 0.454 e. The third kappa shape index (κ3) is 2.09. The van der Waals surface area contributed by atoms with Gasteiger partial charge >= 0.3 is 0 Å². The van der Waals surface area contributed by atoms with E-state index < -0.39 is 0 Å². The Kier molecular flexibility index (Phi) is 3.14. The number of hydrogen-bond acceptors (Lipinski definition) is 2. The van der Waals surface area contributed by atoms with Crippen molar-refractivity contribution in [1.82, 2.24) is 4.57 Å². The zero-order chi connectivity index (χ0) is 21.5. The van der Waals surface area contributed by atoms with E-state index in [1.165, 1.54) is 27.5 Å². The summed E-state index contributed by atoms with van der Waals surface area (Å²) in [6.07, 6.45) is 0. The number of hydrogen-bond donors (Lipinski definition) is 0. The van der Waals surface area contributed by atoms with Gasteiger partial charge in [0.2, 0.25) is 0 Å². The second-order valence-electron chi connectivity index (χ2n) is 8.60. The van der Waals surface area contributed by atoms with Crippen LogP contribution in [-0.4, -0.2) is 4.57 Å². The van der Waals surface area contributed by atoms with E-state index in [0.29, 0.717) is 0 Å². The molecule has 3 heteroatoms. The molecule has 0 fully saturated rings. The van der Waals surface area contributed by atoms with Gasteiger partial charge in [-0.15, -0.1) is 0 Å². The highest BCUT2D eigenvalue weighted by atomic mass is 16.3. The number of aromatic nitrogens is 1. The molecule has 154 valence electrons. The molecule has 0 amide bonds. The molecule has 3 nitrogen and oxygen atoms in total. The fraction of sp³-hybridized carbons (Fsp3) is 0. The summed E-state index contributed by atoms with van der Waals surface area (Å²) in [5.74, 6) is 0. The molecule has 0 unspecified atom stereocenters. The van der Waals surface area contributed by atoms with Gasteiger partial charge in [-0.3, -0.25) is 0 Å². The smallest absolute Gasteiger partial charge is 0.159 e. The molecule has 2 aromatic heterocycles. The van der Waals surface area contributed by atoms with Crippen molar-refractivity contribution in [1.29, 1.82) is 0 Å². The summed E-state index contributed by atoms with van der Waals surface area (Å²) >= 11 is 0. The first-order chi connectivity index (χ1) is 16.4. The summed E-state index contributed by atoms with van der Waals surface area (Å²) in [5.41, 5.74) is 8.82. The van der Waals surface area contributed by atoms with Crippen molar-refractivity contribution in [3.63, 3.8) is 0 Å².